The van der Waals surface area contributed by atoms with Crippen molar-refractivity contribution >= 4 is 11.7 Å². The molecule has 0 saturated heterocycles. The summed E-state index contributed by atoms with van der Waals surface area (Å²) in [5.41, 5.74) is 1.37. The van der Waals surface area contributed by atoms with Gasteiger partial charge in [0.1, 0.15) is 17.9 Å². The van der Waals surface area contributed by atoms with Crippen molar-refractivity contribution in [1.29, 1.82) is 5.26 Å². The van der Waals surface area contributed by atoms with Crippen LogP contribution in [0.1, 0.15) is 31.0 Å². The number of hydrogen-bond acceptors (Lipinski definition) is 4. The quantitative estimate of drug-likeness (QED) is 0.890. The van der Waals surface area contributed by atoms with Gasteiger partial charge < -0.3 is 10.2 Å². The summed E-state index contributed by atoms with van der Waals surface area (Å²) in [7, 11) is 0. The molecule has 1 amide bonds. The number of anilines is 1. The molecule has 0 fully saturated rings. The number of aromatic nitrogens is 1. The third-order valence-corrected chi connectivity index (χ3v) is 3.64. The average Bonchev–Trinajstić information content (AvgIpc) is 2.62. The Kier molecular flexibility index (Phi) is 5.70. The molecular weight excluding hydrogens is 288 g/mol. The topological polar surface area (TPSA) is 69.0 Å². The summed E-state index contributed by atoms with van der Waals surface area (Å²) in [6.07, 6.45) is 1.49. The van der Waals surface area contributed by atoms with Crippen molar-refractivity contribution in [3.8, 4) is 6.07 Å². The lowest BCUT2D eigenvalue weighted by atomic mass is 10.1. The van der Waals surface area contributed by atoms with Gasteiger partial charge in [0, 0.05) is 19.3 Å². The lowest BCUT2D eigenvalue weighted by molar-refractivity contribution is -0.131. The molecular formula is C18H20N4O. The highest BCUT2D eigenvalue weighted by molar-refractivity contribution is 5.85. The van der Waals surface area contributed by atoms with E-state index in [0.29, 0.717) is 24.5 Å². The molecule has 118 valence electrons. The zero-order valence-corrected chi connectivity index (χ0v) is 13.4. The number of nitrogens with one attached hydrogen (secondary N) is 1. The minimum Gasteiger partial charge on any atom is -0.355 e. The number of likely N-dealkylation sites (N-methyl/N-ethyl adjacent to an activating group) is 1. The summed E-state index contributed by atoms with van der Waals surface area (Å²) >= 11 is 0. The van der Waals surface area contributed by atoms with E-state index in [1.807, 2.05) is 50.2 Å². The number of nitrogens with zero attached hydrogens (tertiary/aromatic N) is 3. The Balaban J connectivity index is 2.29. The molecule has 1 atom stereocenters. The SMILES string of the molecule is CCN(CC)C(=O)[C@H](Nc1ccc(C#N)cn1)c1ccccc1. The molecule has 0 unspecified atom stereocenters. The molecule has 1 aromatic carbocycles. The summed E-state index contributed by atoms with van der Waals surface area (Å²) < 4.78 is 0. The Morgan fingerprint density at radius 1 is 1.22 bits per heavy atom. The fourth-order valence-electron chi connectivity index (χ4n) is 2.34. The first-order valence-electron chi connectivity index (χ1n) is 7.66. The standard InChI is InChI=1S/C18H20N4O/c1-3-22(4-2)18(23)17(15-8-6-5-7-9-15)21-16-11-10-14(12-19)13-20-16/h5-11,13,17H,3-4H2,1-2H3,(H,20,21)/t17-/m1/s1. The van der Waals surface area contributed by atoms with Crippen LogP contribution >= 0.6 is 0 Å². The maximum atomic E-state index is 12.8. The molecule has 2 aromatic rings. The van der Waals surface area contributed by atoms with Crippen LogP contribution in [-0.4, -0.2) is 28.9 Å². The summed E-state index contributed by atoms with van der Waals surface area (Å²) in [6.45, 7) is 5.23. The van der Waals surface area contributed by atoms with Crippen LogP contribution in [0.15, 0.2) is 48.7 Å². The highest BCUT2D eigenvalue weighted by atomic mass is 16.2. The van der Waals surface area contributed by atoms with Crippen LogP contribution in [0.2, 0.25) is 0 Å². The van der Waals surface area contributed by atoms with Gasteiger partial charge in [-0.25, -0.2) is 4.98 Å². The molecule has 5 nitrogen and oxygen atoms in total. The van der Waals surface area contributed by atoms with E-state index in [0.717, 1.165) is 5.56 Å². The summed E-state index contributed by atoms with van der Waals surface area (Å²) in [4.78, 5) is 18.8. The number of benzene rings is 1. The third-order valence-electron chi connectivity index (χ3n) is 3.64. The molecule has 0 aliphatic heterocycles. The number of amides is 1. The number of pyridine rings is 1. The fourth-order valence-corrected chi connectivity index (χ4v) is 2.34. The predicted molar refractivity (Wildman–Crippen MR) is 89.7 cm³/mol. The lowest BCUT2D eigenvalue weighted by Gasteiger charge is -2.26. The number of carbonyl (C=O) groups is 1. The summed E-state index contributed by atoms with van der Waals surface area (Å²) in [5, 5.41) is 12.0. The fraction of sp³-hybridized carbons (Fsp3) is 0.278. The number of nitriles is 1. The van der Waals surface area contributed by atoms with E-state index in [1.165, 1.54) is 6.20 Å². The molecule has 0 bridgehead atoms. The molecule has 5 heteroatoms. The molecule has 0 aliphatic carbocycles. The van der Waals surface area contributed by atoms with Crippen molar-refractivity contribution in [2.75, 3.05) is 18.4 Å². The smallest absolute Gasteiger partial charge is 0.249 e. The maximum Gasteiger partial charge on any atom is 0.249 e. The Morgan fingerprint density at radius 3 is 2.43 bits per heavy atom. The van der Waals surface area contributed by atoms with Crippen LogP contribution in [0.25, 0.3) is 0 Å². The monoisotopic (exact) mass is 308 g/mol. The Morgan fingerprint density at radius 2 is 1.91 bits per heavy atom. The largest absolute Gasteiger partial charge is 0.355 e. The van der Waals surface area contributed by atoms with Gasteiger partial charge in [-0.15, -0.1) is 0 Å². The minimum atomic E-state index is -0.503. The van der Waals surface area contributed by atoms with Gasteiger partial charge in [0.15, 0.2) is 0 Å². The summed E-state index contributed by atoms with van der Waals surface area (Å²) in [5.74, 6) is 0.575. The van der Waals surface area contributed by atoms with E-state index in [2.05, 4.69) is 10.3 Å². The van der Waals surface area contributed by atoms with Crippen molar-refractivity contribution < 1.29 is 4.79 Å². The van der Waals surface area contributed by atoms with Gasteiger partial charge in [-0.3, -0.25) is 4.79 Å². The van der Waals surface area contributed by atoms with Crippen LogP contribution in [0.5, 0.6) is 0 Å². The molecule has 0 saturated carbocycles. The number of carbonyl (C=O) groups excluding carboxylic acids is 1. The van der Waals surface area contributed by atoms with Crippen molar-refractivity contribution in [1.82, 2.24) is 9.88 Å². The van der Waals surface area contributed by atoms with Crippen LogP contribution in [0.4, 0.5) is 5.82 Å². The second kappa shape index (κ2) is 7.95. The molecule has 0 radical (unpaired) electrons. The normalized spacial score (nSPS) is 11.3. The van der Waals surface area contributed by atoms with Gasteiger partial charge in [-0.1, -0.05) is 30.3 Å². The van der Waals surface area contributed by atoms with Gasteiger partial charge in [0.05, 0.1) is 5.56 Å². The second-order valence-electron chi connectivity index (χ2n) is 5.04. The van der Waals surface area contributed by atoms with E-state index >= 15 is 0 Å². The second-order valence-corrected chi connectivity index (χ2v) is 5.04. The van der Waals surface area contributed by atoms with Crippen LogP contribution in [0, 0.1) is 11.3 Å². The first-order chi connectivity index (χ1) is 11.2. The van der Waals surface area contributed by atoms with Crippen molar-refractivity contribution in [3.05, 3.63) is 59.8 Å². The highest BCUT2D eigenvalue weighted by Crippen LogP contribution is 2.21. The van der Waals surface area contributed by atoms with Crippen molar-refractivity contribution in [2.45, 2.75) is 19.9 Å². The maximum absolute atomic E-state index is 12.8. The van der Waals surface area contributed by atoms with Crippen LogP contribution in [-0.2, 0) is 4.79 Å². The molecule has 0 spiro atoms. The molecule has 1 heterocycles. The molecule has 0 aliphatic rings. The van der Waals surface area contributed by atoms with Crippen molar-refractivity contribution in [3.63, 3.8) is 0 Å². The van der Waals surface area contributed by atoms with Gasteiger partial charge in [0.2, 0.25) is 5.91 Å². The van der Waals surface area contributed by atoms with Crippen molar-refractivity contribution in [2.24, 2.45) is 0 Å². The Bertz CT molecular complexity index is 672. The van der Waals surface area contributed by atoms with E-state index in [1.54, 1.807) is 17.0 Å². The van der Waals surface area contributed by atoms with E-state index < -0.39 is 6.04 Å². The predicted octanol–water partition coefficient (Wildman–Crippen LogP) is 2.97. The Labute approximate surface area is 136 Å². The third kappa shape index (κ3) is 4.07. The van der Waals surface area contributed by atoms with Gasteiger partial charge >= 0.3 is 0 Å². The average molecular weight is 308 g/mol. The molecule has 1 aromatic heterocycles. The van der Waals surface area contributed by atoms with E-state index in [-0.39, 0.29) is 5.91 Å². The van der Waals surface area contributed by atoms with Crippen LogP contribution in [0.3, 0.4) is 0 Å². The highest BCUT2D eigenvalue weighted by Gasteiger charge is 2.24. The minimum absolute atomic E-state index is 0.00681. The first-order valence-corrected chi connectivity index (χ1v) is 7.66. The number of rotatable bonds is 6. The zero-order chi connectivity index (χ0) is 16.7. The lowest BCUT2D eigenvalue weighted by Crippen LogP contribution is -2.37. The first kappa shape index (κ1) is 16.5. The van der Waals surface area contributed by atoms with Gasteiger partial charge in [0.25, 0.3) is 0 Å². The van der Waals surface area contributed by atoms with Gasteiger partial charge in [-0.05, 0) is 31.5 Å². The molecule has 23 heavy (non-hydrogen) atoms. The van der Waals surface area contributed by atoms with Crippen LogP contribution < -0.4 is 5.32 Å². The number of hydrogen-bond donors (Lipinski definition) is 1. The van der Waals surface area contributed by atoms with E-state index in [4.69, 9.17) is 5.26 Å². The molecule has 2 rings (SSSR count). The van der Waals surface area contributed by atoms with Gasteiger partial charge in [-0.2, -0.15) is 5.26 Å². The zero-order valence-electron chi connectivity index (χ0n) is 13.4. The molecule has 1 N–H and O–H groups in total. The Hall–Kier alpha value is -2.87. The van der Waals surface area contributed by atoms with E-state index in [9.17, 15) is 4.79 Å². The summed E-state index contributed by atoms with van der Waals surface area (Å²) in [6, 6.07) is 14.5.